The van der Waals surface area contributed by atoms with Gasteiger partial charge in [-0.3, -0.25) is 9.59 Å². The highest BCUT2D eigenvalue weighted by Crippen LogP contribution is 2.36. The van der Waals surface area contributed by atoms with Crippen LogP contribution in [-0.4, -0.2) is 35.0 Å². The molecule has 0 aliphatic rings. The van der Waals surface area contributed by atoms with E-state index in [0.717, 1.165) is 17.7 Å². The number of rotatable bonds is 9. The third kappa shape index (κ3) is 7.27. The Hall–Kier alpha value is -3.05. The second kappa shape index (κ2) is 10.5. The van der Waals surface area contributed by atoms with Gasteiger partial charge in [-0.15, -0.1) is 0 Å². The van der Waals surface area contributed by atoms with Crippen LogP contribution in [0.25, 0.3) is 0 Å². The summed E-state index contributed by atoms with van der Waals surface area (Å²) in [4.78, 5) is 26.1. The van der Waals surface area contributed by atoms with Gasteiger partial charge < -0.3 is 14.7 Å². The second-order valence-electron chi connectivity index (χ2n) is 7.01. The first-order valence-electron chi connectivity index (χ1n) is 9.70. The summed E-state index contributed by atoms with van der Waals surface area (Å²) >= 11 is 0. The Morgan fingerprint density at radius 3 is 2.12 bits per heavy atom. The molecule has 0 aliphatic carbocycles. The van der Waals surface area contributed by atoms with Gasteiger partial charge in [0.05, 0.1) is 11.1 Å². The van der Waals surface area contributed by atoms with Gasteiger partial charge in [0.15, 0.2) is 5.82 Å². The van der Waals surface area contributed by atoms with E-state index >= 15 is 0 Å². The molecule has 0 saturated heterocycles. The molecule has 12 heteroatoms. The summed E-state index contributed by atoms with van der Waals surface area (Å²) in [6.07, 6.45) is -6.23. The van der Waals surface area contributed by atoms with Crippen molar-refractivity contribution in [1.29, 1.82) is 0 Å². The maximum atomic E-state index is 13.1. The molecule has 0 aliphatic heterocycles. The van der Waals surface area contributed by atoms with Crippen molar-refractivity contribution in [2.75, 3.05) is 18.4 Å². The summed E-state index contributed by atoms with van der Waals surface area (Å²) in [6.45, 7) is 1.33. The van der Waals surface area contributed by atoms with E-state index in [1.54, 1.807) is 0 Å². The molecule has 0 saturated carbocycles. The molecule has 0 fully saturated rings. The lowest BCUT2D eigenvalue weighted by Crippen LogP contribution is -2.39. The quantitative estimate of drug-likeness (QED) is 0.399. The van der Waals surface area contributed by atoms with Crippen molar-refractivity contribution in [3.05, 3.63) is 47.2 Å². The molecule has 2 aromatic rings. The van der Waals surface area contributed by atoms with Crippen LogP contribution in [0, 0.1) is 0 Å². The summed E-state index contributed by atoms with van der Waals surface area (Å²) in [7, 11) is 0. The summed E-state index contributed by atoms with van der Waals surface area (Å²) in [5.74, 6) is -1.80. The molecule has 176 valence electrons. The van der Waals surface area contributed by atoms with Crippen molar-refractivity contribution >= 4 is 17.6 Å². The fourth-order valence-corrected chi connectivity index (χ4v) is 2.88. The topological polar surface area (TPSA) is 75.4 Å². The van der Waals surface area contributed by atoms with Gasteiger partial charge in [-0.25, -0.2) is 0 Å². The summed E-state index contributed by atoms with van der Waals surface area (Å²) in [5.41, 5.74) is -4.01. The summed E-state index contributed by atoms with van der Waals surface area (Å²) in [6, 6.07) is 1.98. The van der Waals surface area contributed by atoms with Crippen LogP contribution in [0.3, 0.4) is 0 Å². The molecule has 1 N–H and O–H groups in total. The highest BCUT2D eigenvalue weighted by Gasteiger charge is 2.38. The Morgan fingerprint density at radius 2 is 1.62 bits per heavy atom. The van der Waals surface area contributed by atoms with E-state index in [1.165, 1.54) is 12.3 Å². The molecule has 32 heavy (non-hydrogen) atoms. The second-order valence-corrected chi connectivity index (χ2v) is 7.01. The number of amides is 2. The molecule has 0 bridgehead atoms. The number of unbranched alkanes of at least 4 members (excludes halogenated alkanes) is 3. The van der Waals surface area contributed by atoms with Gasteiger partial charge in [0.2, 0.25) is 5.91 Å². The number of hydrogen-bond donors (Lipinski definition) is 1. The van der Waals surface area contributed by atoms with Crippen molar-refractivity contribution in [2.45, 2.75) is 45.0 Å². The lowest BCUT2D eigenvalue weighted by molar-refractivity contribution is -0.143. The predicted octanol–water partition coefficient (Wildman–Crippen LogP) is 5.37. The molecular weight excluding hydrogens is 444 g/mol. The highest BCUT2D eigenvalue weighted by atomic mass is 19.4. The van der Waals surface area contributed by atoms with Crippen LogP contribution in [0.4, 0.5) is 32.2 Å². The molecule has 1 aromatic heterocycles. The average molecular weight is 465 g/mol. The van der Waals surface area contributed by atoms with Crippen molar-refractivity contribution in [1.82, 2.24) is 10.1 Å². The molecule has 0 atom stereocenters. The van der Waals surface area contributed by atoms with Crippen molar-refractivity contribution in [2.24, 2.45) is 0 Å². The normalized spacial score (nSPS) is 12.0. The van der Waals surface area contributed by atoms with E-state index in [0.29, 0.717) is 25.0 Å². The Morgan fingerprint density at radius 1 is 1.00 bits per heavy atom. The van der Waals surface area contributed by atoms with Crippen LogP contribution < -0.4 is 5.32 Å². The zero-order valence-electron chi connectivity index (χ0n) is 17.0. The Balaban J connectivity index is 2.32. The molecule has 0 radical (unpaired) electrons. The zero-order chi connectivity index (χ0) is 23.9. The Bertz CT molecular complexity index is 878. The van der Waals surface area contributed by atoms with Gasteiger partial charge in [0, 0.05) is 18.2 Å². The van der Waals surface area contributed by atoms with Crippen LogP contribution in [-0.2, 0) is 17.1 Å². The van der Waals surface area contributed by atoms with Gasteiger partial charge in [-0.2, -0.15) is 26.3 Å². The number of benzene rings is 1. The van der Waals surface area contributed by atoms with E-state index < -0.39 is 47.4 Å². The molecular formula is C20H21F6N3O3. The van der Waals surface area contributed by atoms with Crippen LogP contribution >= 0.6 is 0 Å². The zero-order valence-corrected chi connectivity index (χ0v) is 17.0. The van der Waals surface area contributed by atoms with E-state index in [-0.39, 0.29) is 18.4 Å². The molecule has 0 spiro atoms. The Labute approximate surface area is 179 Å². The van der Waals surface area contributed by atoms with E-state index in [4.69, 9.17) is 0 Å². The molecule has 1 aromatic carbocycles. The van der Waals surface area contributed by atoms with Crippen molar-refractivity contribution < 1.29 is 40.5 Å². The SMILES string of the molecule is CCCCCCN(CC(=O)Nc1ccon1)C(=O)c1cc(C(F)(F)F)cc(C(F)(F)F)c1. The van der Waals surface area contributed by atoms with Gasteiger partial charge in [-0.1, -0.05) is 31.3 Å². The van der Waals surface area contributed by atoms with Crippen molar-refractivity contribution in [3.63, 3.8) is 0 Å². The number of hydrogen-bond acceptors (Lipinski definition) is 4. The standard InChI is InChI=1S/C20H21F6N3O3/c1-2-3-4-5-7-29(12-17(30)27-16-6-8-32-28-16)18(31)13-9-14(19(21,22)23)11-15(10-13)20(24,25)26/h6,8-11H,2-5,7,12H2,1H3,(H,27,28,30). The summed E-state index contributed by atoms with van der Waals surface area (Å²) in [5, 5.41) is 5.80. The first-order chi connectivity index (χ1) is 14.9. The number of nitrogens with zero attached hydrogens (tertiary/aromatic N) is 2. The van der Waals surface area contributed by atoms with E-state index in [9.17, 15) is 35.9 Å². The fraction of sp³-hybridized carbons (Fsp3) is 0.450. The monoisotopic (exact) mass is 465 g/mol. The van der Waals surface area contributed by atoms with Crippen LogP contribution in [0.5, 0.6) is 0 Å². The maximum Gasteiger partial charge on any atom is 0.416 e. The predicted molar refractivity (Wildman–Crippen MR) is 102 cm³/mol. The first-order valence-corrected chi connectivity index (χ1v) is 9.70. The molecule has 0 unspecified atom stereocenters. The number of nitrogens with one attached hydrogen (secondary N) is 1. The number of carbonyl (C=O) groups excluding carboxylic acids is 2. The first kappa shape index (κ1) is 25.2. The van der Waals surface area contributed by atoms with Crippen LogP contribution in [0.1, 0.15) is 54.1 Å². The largest absolute Gasteiger partial charge is 0.416 e. The molecule has 6 nitrogen and oxygen atoms in total. The number of anilines is 1. The number of carbonyl (C=O) groups is 2. The van der Waals surface area contributed by atoms with Crippen LogP contribution in [0.15, 0.2) is 35.1 Å². The fourth-order valence-electron chi connectivity index (χ4n) is 2.88. The van der Waals surface area contributed by atoms with Gasteiger partial charge >= 0.3 is 12.4 Å². The molecule has 1 heterocycles. The van der Waals surface area contributed by atoms with Gasteiger partial charge in [-0.05, 0) is 24.6 Å². The number of alkyl halides is 6. The number of aromatic nitrogens is 1. The lowest BCUT2D eigenvalue weighted by atomic mass is 10.0. The highest BCUT2D eigenvalue weighted by molar-refractivity contribution is 5.99. The van der Waals surface area contributed by atoms with Gasteiger partial charge in [0.1, 0.15) is 12.8 Å². The van der Waals surface area contributed by atoms with Gasteiger partial charge in [0.25, 0.3) is 5.91 Å². The van der Waals surface area contributed by atoms with Crippen molar-refractivity contribution in [3.8, 4) is 0 Å². The average Bonchev–Trinajstić information content (AvgIpc) is 3.21. The molecule has 2 amide bonds. The molecule has 2 rings (SSSR count). The maximum absolute atomic E-state index is 13.1. The minimum Gasteiger partial charge on any atom is -0.363 e. The summed E-state index contributed by atoms with van der Waals surface area (Å²) < 4.78 is 83.4. The number of halogens is 6. The van der Waals surface area contributed by atoms with E-state index in [1.807, 2.05) is 6.92 Å². The third-order valence-electron chi connectivity index (χ3n) is 4.44. The minimum atomic E-state index is -5.09. The third-order valence-corrected chi connectivity index (χ3v) is 4.44. The van der Waals surface area contributed by atoms with E-state index in [2.05, 4.69) is 15.0 Å². The Kier molecular flexibility index (Phi) is 8.28. The lowest BCUT2D eigenvalue weighted by Gasteiger charge is -2.23. The minimum absolute atomic E-state index is 0.0251. The van der Waals surface area contributed by atoms with Crippen LogP contribution in [0.2, 0.25) is 0 Å². The smallest absolute Gasteiger partial charge is 0.363 e.